The number of para-hydroxylation sites is 1. The van der Waals surface area contributed by atoms with E-state index < -0.39 is 0 Å². The van der Waals surface area contributed by atoms with Gasteiger partial charge in [-0.3, -0.25) is 0 Å². The van der Waals surface area contributed by atoms with E-state index in [2.05, 4.69) is 25.1 Å². The zero-order chi connectivity index (χ0) is 11.5. The summed E-state index contributed by atoms with van der Waals surface area (Å²) < 4.78 is 5.69. The van der Waals surface area contributed by atoms with Gasteiger partial charge in [0.1, 0.15) is 5.75 Å². The first kappa shape index (κ1) is 11.5. The van der Waals surface area contributed by atoms with Gasteiger partial charge in [-0.2, -0.15) is 0 Å². The zero-order valence-electron chi connectivity index (χ0n) is 10.1. The molecule has 0 heterocycles. The largest absolute Gasteiger partial charge is 0.494 e. The Kier molecular flexibility index (Phi) is 3.49. The van der Waals surface area contributed by atoms with Crippen LogP contribution in [0.15, 0.2) is 24.3 Å². The number of hydrogen-bond acceptors (Lipinski definition) is 2. The molecule has 1 aromatic rings. The first-order valence-corrected chi connectivity index (χ1v) is 6.21. The smallest absolute Gasteiger partial charge is 0.122 e. The average Bonchev–Trinajstić information content (AvgIpc) is 2.61. The second-order valence-corrected chi connectivity index (χ2v) is 4.68. The fourth-order valence-electron chi connectivity index (χ4n) is 2.71. The lowest BCUT2D eigenvalue weighted by molar-refractivity contribution is 0.330. The number of hydrogen-bond donors (Lipinski definition) is 1. The van der Waals surface area contributed by atoms with Crippen LogP contribution in [0.3, 0.4) is 0 Å². The molecule has 1 fully saturated rings. The zero-order valence-corrected chi connectivity index (χ0v) is 10.1. The van der Waals surface area contributed by atoms with E-state index in [1.165, 1.54) is 12.0 Å². The van der Waals surface area contributed by atoms with Crippen molar-refractivity contribution in [1.29, 1.82) is 0 Å². The Morgan fingerprint density at radius 1 is 1.31 bits per heavy atom. The van der Waals surface area contributed by atoms with Crippen LogP contribution in [0.2, 0.25) is 0 Å². The Labute approximate surface area is 97.8 Å². The van der Waals surface area contributed by atoms with Gasteiger partial charge in [0.15, 0.2) is 0 Å². The molecule has 1 saturated carbocycles. The SMILES string of the molecule is CCOc1ccccc1C1CCC(N)C1C. The van der Waals surface area contributed by atoms with Crippen LogP contribution >= 0.6 is 0 Å². The van der Waals surface area contributed by atoms with Crippen LogP contribution in [0, 0.1) is 5.92 Å². The first-order chi connectivity index (χ1) is 7.74. The minimum Gasteiger partial charge on any atom is -0.494 e. The van der Waals surface area contributed by atoms with Crippen molar-refractivity contribution >= 4 is 0 Å². The monoisotopic (exact) mass is 219 g/mol. The molecule has 16 heavy (non-hydrogen) atoms. The van der Waals surface area contributed by atoms with Gasteiger partial charge in [0.25, 0.3) is 0 Å². The highest BCUT2D eigenvalue weighted by molar-refractivity contribution is 5.37. The van der Waals surface area contributed by atoms with Gasteiger partial charge in [-0.05, 0) is 43.2 Å². The molecule has 0 bridgehead atoms. The first-order valence-electron chi connectivity index (χ1n) is 6.21. The Morgan fingerprint density at radius 2 is 2.06 bits per heavy atom. The van der Waals surface area contributed by atoms with Gasteiger partial charge in [-0.25, -0.2) is 0 Å². The summed E-state index contributed by atoms with van der Waals surface area (Å²) in [6, 6.07) is 8.72. The van der Waals surface area contributed by atoms with E-state index in [-0.39, 0.29) is 0 Å². The standard InChI is InChI=1S/C14H21NO/c1-3-16-14-7-5-4-6-12(14)11-8-9-13(15)10(11)2/h4-7,10-11,13H,3,8-9,15H2,1-2H3. The van der Waals surface area contributed by atoms with E-state index in [4.69, 9.17) is 10.5 Å². The lowest BCUT2D eigenvalue weighted by atomic mass is 9.88. The van der Waals surface area contributed by atoms with Crippen LogP contribution in [0.4, 0.5) is 0 Å². The fraction of sp³-hybridized carbons (Fsp3) is 0.571. The van der Waals surface area contributed by atoms with E-state index in [1.54, 1.807) is 0 Å². The van der Waals surface area contributed by atoms with Crippen molar-refractivity contribution in [2.45, 2.75) is 38.6 Å². The highest BCUT2D eigenvalue weighted by atomic mass is 16.5. The van der Waals surface area contributed by atoms with E-state index in [0.717, 1.165) is 18.8 Å². The van der Waals surface area contributed by atoms with E-state index >= 15 is 0 Å². The van der Waals surface area contributed by atoms with Crippen LogP contribution in [0.5, 0.6) is 5.75 Å². The molecule has 1 aliphatic rings. The summed E-state index contributed by atoms with van der Waals surface area (Å²) in [5.41, 5.74) is 7.43. The molecular formula is C14H21NO. The molecule has 3 atom stereocenters. The topological polar surface area (TPSA) is 35.2 Å². The summed E-state index contributed by atoms with van der Waals surface area (Å²) in [6.07, 6.45) is 2.32. The summed E-state index contributed by atoms with van der Waals surface area (Å²) in [7, 11) is 0. The lowest BCUT2D eigenvalue weighted by Gasteiger charge is -2.21. The van der Waals surface area contributed by atoms with Gasteiger partial charge < -0.3 is 10.5 Å². The molecule has 0 radical (unpaired) electrons. The summed E-state index contributed by atoms with van der Waals surface area (Å²) in [4.78, 5) is 0. The van der Waals surface area contributed by atoms with Crippen molar-refractivity contribution in [2.24, 2.45) is 11.7 Å². The molecule has 0 aliphatic heterocycles. The van der Waals surface area contributed by atoms with Crippen molar-refractivity contribution in [3.05, 3.63) is 29.8 Å². The molecule has 2 nitrogen and oxygen atoms in total. The highest BCUT2D eigenvalue weighted by Crippen LogP contribution is 2.42. The number of benzene rings is 1. The summed E-state index contributed by atoms with van der Waals surface area (Å²) in [6.45, 7) is 5.01. The maximum Gasteiger partial charge on any atom is 0.122 e. The third-order valence-corrected chi connectivity index (χ3v) is 3.74. The molecule has 0 amide bonds. The van der Waals surface area contributed by atoms with Gasteiger partial charge in [0.2, 0.25) is 0 Å². The van der Waals surface area contributed by atoms with Gasteiger partial charge in [0.05, 0.1) is 6.61 Å². The normalized spacial score (nSPS) is 29.3. The maximum atomic E-state index is 6.09. The lowest BCUT2D eigenvalue weighted by Crippen LogP contribution is -2.24. The minimum absolute atomic E-state index is 0.347. The van der Waals surface area contributed by atoms with Gasteiger partial charge >= 0.3 is 0 Å². The summed E-state index contributed by atoms with van der Waals surface area (Å²) in [5.74, 6) is 2.16. The van der Waals surface area contributed by atoms with Crippen LogP contribution in [0.1, 0.15) is 38.2 Å². The Morgan fingerprint density at radius 3 is 2.69 bits per heavy atom. The maximum absolute atomic E-state index is 6.09. The van der Waals surface area contributed by atoms with E-state index in [9.17, 15) is 0 Å². The Bertz CT molecular complexity index is 350. The van der Waals surface area contributed by atoms with Gasteiger partial charge in [-0.15, -0.1) is 0 Å². The number of ether oxygens (including phenoxy) is 1. The van der Waals surface area contributed by atoms with Crippen LogP contribution in [-0.4, -0.2) is 12.6 Å². The van der Waals surface area contributed by atoms with Crippen molar-refractivity contribution in [3.8, 4) is 5.75 Å². The molecular weight excluding hydrogens is 198 g/mol. The molecule has 1 aliphatic carbocycles. The average molecular weight is 219 g/mol. The Balaban J connectivity index is 2.26. The molecule has 88 valence electrons. The second-order valence-electron chi connectivity index (χ2n) is 4.68. The van der Waals surface area contributed by atoms with Crippen LogP contribution in [-0.2, 0) is 0 Å². The van der Waals surface area contributed by atoms with Crippen LogP contribution in [0.25, 0.3) is 0 Å². The highest BCUT2D eigenvalue weighted by Gasteiger charge is 2.32. The molecule has 2 heteroatoms. The second kappa shape index (κ2) is 4.88. The summed E-state index contributed by atoms with van der Waals surface area (Å²) in [5, 5.41) is 0. The molecule has 0 spiro atoms. The number of rotatable bonds is 3. The van der Waals surface area contributed by atoms with Gasteiger partial charge in [0, 0.05) is 6.04 Å². The molecule has 1 aromatic carbocycles. The predicted molar refractivity (Wildman–Crippen MR) is 66.7 cm³/mol. The molecule has 2 rings (SSSR count). The molecule has 0 saturated heterocycles. The van der Waals surface area contributed by atoms with Crippen LogP contribution < -0.4 is 10.5 Å². The minimum atomic E-state index is 0.347. The van der Waals surface area contributed by atoms with Crippen molar-refractivity contribution in [2.75, 3.05) is 6.61 Å². The molecule has 3 unspecified atom stereocenters. The van der Waals surface area contributed by atoms with Gasteiger partial charge in [-0.1, -0.05) is 25.1 Å². The fourth-order valence-corrected chi connectivity index (χ4v) is 2.71. The molecule has 0 aromatic heterocycles. The quantitative estimate of drug-likeness (QED) is 0.848. The van der Waals surface area contributed by atoms with E-state index in [1.807, 2.05) is 13.0 Å². The van der Waals surface area contributed by atoms with E-state index in [0.29, 0.717) is 17.9 Å². The Hall–Kier alpha value is -1.02. The summed E-state index contributed by atoms with van der Waals surface area (Å²) >= 11 is 0. The third kappa shape index (κ3) is 2.07. The molecule has 2 N–H and O–H groups in total. The number of nitrogens with two attached hydrogens (primary N) is 1. The third-order valence-electron chi connectivity index (χ3n) is 3.74. The van der Waals surface area contributed by atoms with Crippen molar-refractivity contribution in [3.63, 3.8) is 0 Å². The van der Waals surface area contributed by atoms with Crippen molar-refractivity contribution in [1.82, 2.24) is 0 Å². The van der Waals surface area contributed by atoms with Crippen molar-refractivity contribution < 1.29 is 4.74 Å². The predicted octanol–water partition coefficient (Wildman–Crippen LogP) is 2.93.